The quantitative estimate of drug-likeness (QED) is 0.706. The molecule has 0 N–H and O–H groups in total. The van der Waals surface area contributed by atoms with Gasteiger partial charge in [-0.1, -0.05) is 27.7 Å². The van der Waals surface area contributed by atoms with Crippen molar-refractivity contribution in [2.45, 2.75) is 65.8 Å². The molecule has 0 bridgehead atoms. The van der Waals surface area contributed by atoms with Crippen LogP contribution in [0.1, 0.15) is 52.4 Å². The van der Waals surface area contributed by atoms with E-state index in [-0.39, 0.29) is 10.8 Å². The molecule has 0 amide bonds. The van der Waals surface area contributed by atoms with Crippen LogP contribution in [0.25, 0.3) is 0 Å². The Balaban J connectivity index is 2.81. The predicted octanol–water partition coefficient (Wildman–Crippen LogP) is 4.81. The van der Waals surface area contributed by atoms with Crippen molar-refractivity contribution in [1.29, 1.82) is 0 Å². The number of hydrogen-bond donors (Lipinski definition) is 0. The first kappa shape index (κ1) is 16.0. The number of nitrogens with zero attached hydrogens (tertiary/aromatic N) is 2. The maximum Gasteiger partial charge on any atom is 0.0766 e. The molecule has 1 atom stereocenters. The fourth-order valence-electron chi connectivity index (χ4n) is 1.95. The van der Waals surface area contributed by atoms with Crippen LogP contribution in [-0.4, -0.2) is 15.2 Å². The van der Waals surface area contributed by atoms with Gasteiger partial charge in [0.1, 0.15) is 0 Å². The predicted molar refractivity (Wildman–Crippen MR) is 82.4 cm³/mol. The van der Waals surface area contributed by atoms with Gasteiger partial charge in [0.2, 0.25) is 0 Å². The van der Waals surface area contributed by atoms with E-state index >= 15 is 0 Å². The van der Waals surface area contributed by atoms with Crippen LogP contribution in [0.5, 0.6) is 0 Å². The molecule has 0 radical (unpaired) electrons. The van der Waals surface area contributed by atoms with Crippen LogP contribution in [-0.2, 0) is 19.4 Å². The molecule has 1 aromatic heterocycles. The van der Waals surface area contributed by atoms with E-state index in [9.17, 15) is 0 Å². The molecule has 1 heterocycles. The molecule has 0 aromatic carbocycles. The van der Waals surface area contributed by atoms with Crippen molar-refractivity contribution in [2.75, 3.05) is 0 Å². The van der Waals surface area contributed by atoms with Gasteiger partial charge in [-0.2, -0.15) is 5.10 Å². The number of alkyl halides is 1. The normalized spacial score (nSPS) is 13.9. The summed E-state index contributed by atoms with van der Waals surface area (Å²) in [6.45, 7) is 11.7. The van der Waals surface area contributed by atoms with E-state index in [1.54, 1.807) is 0 Å². The topological polar surface area (TPSA) is 17.8 Å². The van der Waals surface area contributed by atoms with Gasteiger partial charge in [0.05, 0.1) is 15.9 Å². The minimum atomic E-state index is 0.151. The van der Waals surface area contributed by atoms with E-state index in [4.69, 9.17) is 11.6 Å². The second-order valence-corrected chi connectivity index (χ2v) is 7.07. The summed E-state index contributed by atoms with van der Waals surface area (Å²) in [6, 6.07) is 0. The molecule has 1 rings (SSSR count). The molecule has 1 unspecified atom stereocenters. The summed E-state index contributed by atoms with van der Waals surface area (Å²) in [5, 5.41) is 4.80. The Morgan fingerprint density at radius 1 is 1.33 bits per heavy atom. The summed E-state index contributed by atoms with van der Waals surface area (Å²) in [6.07, 6.45) is 2.93. The highest BCUT2D eigenvalue weighted by Gasteiger charge is 2.23. The second-order valence-electron chi connectivity index (χ2n) is 5.75. The molecule has 104 valence electrons. The summed E-state index contributed by atoms with van der Waals surface area (Å²) in [5.74, 6) is 0. The average molecular weight is 336 g/mol. The average Bonchev–Trinajstić information content (AvgIpc) is 2.61. The first-order valence-corrected chi connectivity index (χ1v) is 7.92. The van der Waals surface area contributed by atoms with Gasteiger partial charge in [-0.25, -0.2) is 0 Å². The summed E-state index contributed by atoms with van der Waals surface area (Å²) in [7, 11) is 0. The van der Waals surface area contributed by atoms with Gasteiger partial charge in [0.25, 0.3) is 0 Å². The summed E-state index contributed by atoms with van der Waals surface area (Å²) in [5.41, 5.74) is 2.58. The van der Waals surface area contributed by atoms with E-state index < -0.39 is 0 Å². The molecular formula is C14H24BrClN2. The number of aromatic nitrogens is 2. The lowest BCUT2D eigenvalue weighted by Crippen LogP contribution is -2.21. The molecule has 18 heavy (non-hydrogen) atoms. The number of rotatable bonds is 5. The summed E-state index contributed by atoms with van der Waals surface area (Å²) < 4.78 is 3.26. The summed E-state index contributed by atoms with van der Waals surface area (Å²) >= 11 is 10.1. The van der Waals surface area contributed by atoms with Gasteiger partial charge >= 0.3 is 0 Å². The SMILES string of the molecule is CCc1nn(CC)c(CCC(Cl)C(C)(C)C)c1Br. The third kappa shape index (κ3) is 3.74. The minimum Gasteiger partial charge on any atom is -0.268 e. The zero-order valence-corrected chi connectivity index (χ0v) is 14.4. The molecule has 0 saturated carbocycles. The molecule has 0 spiro atoms. The van der Waals surface area contributed by atoms with E-state index in [0.717, 1.165) is 31.5 Å². The molecular weight excluding hydrogens is 312 g/mol. The van der Waals surface area contributed by atoms with Crippen LogP contribution >= 0.6 is 27.5 Å². The van der Waals surface area contributed by atoms with Crippen LogP contribution in [0, 0.1) is 5.41 Å². The number of halogens is 2. The van der Waals surface area contributed by atoms with E-state index in [2.05, 4.69) is 60.3 Å². The molecule has 0 aliphatic rings. The van der Waals surface area contributed by atoms with Crippen molar-refractivity contribution in [3.8, 4) is 0 Å². The highest BCUT2D eigenvalue weighted by atomic mass is 79.9. The molecule has 0 saturated heterocycles. The van der Waals surface area contributed by atoms with Crippen molar-refractivity contribution in [1.82, 2.24) is 9.78 Å². The van der Waals surface area contributed by atoms with Gasteiger partial charge in [0, 0.05) is 11.9 Å². The van der Waals surface area contributed by atoms with Gasteiger partial charge in [-0.15, -0.1) is 11.6 Å². The Hall–Kier alpha value is -0.0200. The van der Waals surface area contributed by atoms with E-state index in [0.29, 0.717) is 0 Å². The highest BCUT2D eigenvalue weighted by Crippen LogP contribution is 2.30. The smallest absolute Gasteiger partial charge is 0.0766 e. The summed E-state index contributed by atoms with van der Waals surface area (Å²) in [4.78, 5) is 0. The van der Waals surface area contributed by atoms with Crippen LogP contribution in [0.15, 0.2) is 4.47 Å². The van der Waals surface area contributed by atoms with Gasteiger partial charge in [0.15, 0.2) is 0 Å². The zero-order valence-electron chi connectivity index (χ0n) is 12.1. The van der Waals surface area contributed by atoms with Crippen LogP contribution in [0.2, 0.25) is 0 Å². The lowest BCUT2D eigenvalue weighted by Gasteiger charge is -2.25. The van der Waals surface area contributed by atoms with Crippen LogP contribution in [0.3, 0.4) is 0 Å². The number of hydrogen-bond acceptors (Lipinski definition) is 1. The van der Waals surface area contributed by atoms with E-state index in [1.165, 1.54) is 10.2 Å². The van der Waals surface area contributed by atoms with Crippen molar-refractivity contribution in [2.24, 2.45) is 5.41 Å². The van der Waals surface area contributed by atoms with Crippen molar-refractivity contribution >= 4 is 27.5 Å². The van der Waals surface area contributed by atoms with Crippen LogP contribution in [0.4, 0.5) is 0 Å². The van der Waals surface area contributed by atoms with Gasteiger partial charge < -0.3 is 0 Å². The third-order valence-corrected chi connectivity index (χ3v) is 5.06. The lowest BCUT2D eigenvalue weighted by molar-refractivity contribution is 0.371. The zero-order chi connectivity index (χ0) is 13.9. The maximum absolute atomic E-state index is 6.45. The highest BCUT2D eigenvalue weighted by molar-refractivity contribution is 9.10. The Labute approximate surface area is 124 Å². The third-order valence-electron chi connectivity index (χ3n) is 3.27. The lowest BCUT2D eigenvalue weighted by atomic mass is 9.89. The van der Waals surface area contributed by atoms with Gasteiger partial charge in [-0.3, -0.25) is 4.68 Å². The largest absolute Gasteiger partial charge is 0.268 e. The number of aryl methyl sites for hydroxylation is 2. The molecule has 0 aliphatic heterocycles. The Morgan fingerprint density at radius 2 is 1.94 bits per heavy atom. The minimum absolute atomic E-state index is 0.151. The Bertz CT molecular complexity index is 393. The Morgan fingerprint density at radius 3 is 2.39 bits per heavy atom. The first-order chi connectivity index (χ1) is 8.31. The fourth-order valence-corrected chi connectivity index (χ4v) is 2.82. The van der Waals surface area contributed by atoms with Gasteiger partial charge in [-0.05, 0) is 47.5 Å². The molecule has 1 aromatic rings. The molecule has 0 fully saturated rings. The first-order valence-electron chi connectivity index (χ1n) is 6.69. The molecule has 4 heteroatoms. The second kappa shape index (κ2) is 6.42. The monoisotopic (exact) mass is 334 g/mol. The van der Waals surface area contributed by atoms with Crippen molar-refractivity contribution in [3.05, 3.63) is 15.9 Å². The Kier molecular flexibility index (Phi) is 5.72. The molecule has 2 nitrogen and oxygen atoms in total. The molecule has 0 aliphatic carbocycles. The van der Waals surface area contributed by atoms with Crippen LogP contribution < -0.4 is 0 Å². The van der Waals surface area contributed by atoms with E-state index in [1.807, 2.05) is 0 Å². The standard InChI is InChI=1S/C14H24BrClN2/c1-6-10-13(15)11(18(7-2)17-10)8-9-12(16)14(3,4)5/h12H,6-9H2,1-5H3. The van der Waals surface area contributed by atoms with Crippen molar-refractivity contribution in [3.63, 3.8) is 0 Å². The fraction of sp³-hybridized carbons (Fsp3) is 0.786. The van der Waals surface area contributed by atoms with Crippen molar-refractivity contribution < 1.29 is 0 Å². The maximum atomic E-state index is 6.45.